The predicted octanol–water partition coefficient (Wildman–Crippen LogP) is 0.539. The Morgan fingerprint density at radius 2 is 2.11 bits per heavy atom. The molecule has 1 atom stereocenters. The molecule has 1 amide bonds. The lowest BCUT2D eigenvalue weighted by Crippen LogP contribution is -2.56. The van der Waals surface area contributed by atoms with Crippen molar-refractivity contribution in [2.24, 2.45) is 16.3 Å². The number of carbonyl (C=O) groups excluding carboxylic acids is 1. The number of amides is 1. The van der Waals surface area contributed by atoms with E-state index in [-0.39, 0.29) is 23.4 Å². The second-order valence-electron chi connectivity index (χ2n) is 5.94. The zero-order valence-electron chi connectivity index (χ0n) is 11.1. The van der Waals surface area contributed by atoms with Crippen LogP contribution in [0.3, 0.4) is 0 Å². The first kappa shape index (κ1) is 13.1. The molecule has 1 saturated heterocycles. The maximum absolute atomic E-state index is 12.5. The van der Waals surface area contributed by atoms with Crippen molar-refractivity contribution >= 4 is 11.7 Å². The van der Waals surface area contributed by atoms with Crippen LogP contribution in [0.1, 0.15) is 33.6 Å². The number of amidine groups is 1. The Kier molecular flexibility index (Phi) is 3.01. The van der Waals surface area contributed by atoms with E-state index in [9.17, 15) is 4.79 Å². The minimum Gasteiger partial charge on any atom is -0.409 e. The lowest BCUT2D eigenvalue weighted by molar-refractivity contribution is -0.160. The van der Waals surface area contributed by atoms with Gasteiger partial charge in [0.2, 0.25) is 5.91 Å². The van der Waals surface area contributed by atoms with Crippen LogP contribution in [0.4, 0.5) is 0 Å². The van der Waals surface area contributed by atoms with E-state index < -0.39 is 5.41 Å². The van der Waals surface area contributed by atoms with Crippen molar-refractivity contribution in [3.8, 4) is 0 Å². The highest BCUT2D eigenvalue weighted by Crippen LogP contribution is 2.48. The van der Waals surface area contributed by atoms with Gasteiger partial charge >= 0.3 is 0 Å². The lowest BCUT2D eigenvalue weighted by atomic mass is 9.99. The number of nitrogens with two attached hydrogens (primary N) is 1. The molecule has 1 aliphatic carbocycles. The Labute approximate surface area is 107 Å². The minimum atomic E-state index is -0.762. The maximum Gasteiger partial charge on any atom is 0.236 e. The van der Waals surface area contributed by atoms with Crippen LogP contribution in [0.5, 0.6) is 0 Å². The summed E-state index contributed by atoms with van der Waals surface area (Å²) in [5.74, 6) is -0.00882. The molecule has 0 aromatic rings. The van der Waals surface area contributed by atoms with Gasteiger partial charge in [0.25, 0.3) is 0 Å². The molecular weight excluding hydrogens is 234 g/mol. The summed E-state index contributed by atoms with van der Waals surface area (Å²) < 4.78 is 5.77. The highest BCUT2D eigenvalue weighted by molar-refractivity contribution is 6.09. The molecule has 6 nitrogen and oxygen atoms in total. The zero-order valence-corrected chi connectivity index (χ0v) is 11.1. The average molecular weight is 255 g/mol. The van der Waals surface area contributed by atoms with Crippen LogP contribution in [0.2, 0.25) is 0 Å². The van der Waals surface area contributed by atoms with Gasteiger partial charge in [-0.1, -0.05) is 5.16 Å². The van der Waals surface area contributed by atoms with E-state index in [1.54, 1.807) is 4.90 Å². The van der Waals surface area contributed by atoms with Crippen molar-refractivity contribution in [2.45, 2.75) is 45.3 Å². The molecule has 2 fully saturated rings. The topological polar surface area (TPSA) is 88.2 Å². The number of oxime groups is 1. The highest BCUT2D eigenvalue weighted by Gasteiger charge is 2.56. The van der Waals surface area contributed by atoms with Crippen LogP contribution in [0.25, 0.3) is 0 Å². The summed E-state index contributed by atoms with van der Waals surface area (Å²) in [4.78, 5) is 14.3. The lowest BCUT2D eigenvalue weighted by Gasteiger charge is -2.42. The molecule has 18 heavy (non-hydrogen) atoms. The Morgan fingerprint density at radius 1 is 1.50 bits per heavy atom. The standard InChI is InChI=1S/C12H21N3O3/c1-8-6-15(7-11(2,3)18-8)10(16)12(4-5-12)9(13)14-17/h8,17H,4-7H2,1-3H3,(H2,13,14). The number of morpholine rings is 1. The quantitative estimate of drug-likeness (QED) is 0.326. The molecule has 2 aliphatic rings. The second-order valence-corrected chi connectivity index (χ2v) is 5.94. The molecule has 2 rings (SSSR count). The number of hydrogen-bond donors (Lipinski definition) is 2. The second kappa shape index (κ2) is 4.12. The predicted molar refractivity (Wildman–Crippen MR) is 66.3 cm³/mol. The summed E-state index contributed by atoms with van der Waals surface area (Å²) in [6, 6.07) is 0. The van der Waals surface area contributed by atoms with Crippen molar-refractivity contribution in [3.63, 3.8) is 0 Å². The molecule has 0 aromatic carbocycles. The van der Waals surface area contributed by atoms with E-state index in [1.807, 2.05) is 20.8 Å². The van der Waals surface area contributed by atoms with Gasteiger partial charge in [0.1, 0.15) is 5.41 Å². The summed E-state index contributed by atoms with van der Waals surface area (Å²) in [6.45, 7) is 6.97. The molecule has 1 aliphatic heterocycles. The number of hydrogen-bond acceptors (Lipinski definition) is 4. The number of ether oxygens (including phenoxy) is 1. The van der Waals surface area contributed by atoms with E-state index in [0.717, 1.165) is 0 Å². The Morgan fingerprint density at radius 3 is 2.56 bits per heavy atom. The smallest absolute Gasteiger partial charge is 0.236 e. The zero-order chi connectivity index (χ0) is 13.6. The van der Waals surface area contributed by atoms with Gasteiger partial charge in [-0.2, -0.15) is 0 Å². The number of nitrogens with zero attached hydrogens (tertiary/aromatic N) is 2. The third kappa shape index (κ3) is 2.16. The first-order valence-corrected chi connectivity index (χ1v) is 6.26. The van der Waals surface area contributed by atoms with Gasteiger partial charge in [-0.15, -0.1) is 0 Å². The van der Waals surface area contributed by atoms with E-state index >= 15 is 0 Å². The van der Waals surface area contributed by atoms with Gasteiger partial charge in [-0.05, 0) is 33.6 Å². The van der Waals surface area contributed by atoms with Crippen molar-refractivity contribution in [3.05, 3.63) is 0 Å². The molecular formula is C12H21N3O3. The van der Waals surface area contributed by atoms with Gasteiger partial charge in [0.15, 0.2) is 5.84 Å². The van der Waals surface area contributed by atoms with Gasteiger partial charge < -0.3 is 20.6 Å². The third-order valence-electron chi connectivity index (χ3n) is 3.61. The first-order valence-electron chi connectivity index (χ1n) is 6.26. The van der Waals surface area contributed by atoms with Crippen molar-refractivity contribution < 1.29 is 14.7 Å². The molecule has 102 valence electrons. The summed E-state index contributed by atoms with van der Waals surface area (Å²) >= 11 is 0. The first-order chi connectivity index (χ1) is 8.31. The van der Waals surface area contributed by atoms with Crippen LogP contribution < -0.4 is 5.73 Å². The van der Waals surface area contributed by atoms with E-state index in [4.69, 9.17) is 15.7 Å². The molecule has 3 N–H and O–H groups in total. The fourth-order valence-corrected chi connectivity index (χ4v) is 2.71. The maximum atomic E-state index is 12.5. The Hall–Kier alpha value is -1.30. The molecule has 6 heteroatoms. The highest BCUT2D eigenvalue weighted by atomic mass is 16.5. The van der Waals surface area contributed by atoms with Crippen LogP contribution in [0.15, 0.2) is 5.16 Å². The molecule has 0 aromatic heterocycles. The normalized spacial score (nSPS) is 30.1. The molecule has 1 heterocycles. The van der Waals surface area contributed by atoms with Crippen LogP contribution >= 0.6 is 0 Å². The monoisotopic (exact) mass is 255 g/mol. The summed E-state index contributed by atoms with van der Waals surface area (Å²) in [7, 11) is 0. The van der Waals surface area contributed by atoms with Crippen molar-refractivity contribution in [1.82, 2.24) is 4.90 Å². The van der Waals surface area contributed by atoms with Crippen LogP contribution in [0, 0.1) is 5.41 Å². The van der Waals surface area contributed by atoms with Crippen molar-refractivity contribution in [2.75, 3.05) is 13.1 Å². The fraction of sp³-hybridized carbons (Fsp3) is 0.833. The van der Waals surface area contributed by atoms with Gasteiger partial charge in [-0.25, -0.2) is 0 Å². The molecule has 1 saturated carbocycles. The molecule has 0 radical (unpaired) electrons. The van der Waals surface area contributed by atoms with E-state index in [2.05, 4.69) is 5.16 Å². The summed E-state index contributed by atoms with van der Waals surface area (Å²) in [6.07, 6.45) is 1.32. The van der Waals surface area contributed by atoms with Gasteiger partial charge in [0, 0.05) is 13.1 Å². The molecule has 1 unspecified atom stereocenters. The number of rotatable bonds is 2. The minimum absolute atomic E-state index is 0.000731. The third-order valence-corrected chi connectivity index (χ3v) is 3.61. The van der Waals surface area contributed by atoms with Crippen LogP contribution in [-0.4, -0.2) is 46.6 Å². The van der Waals surface area contributed by atoms with E-state index in [1.165, 1.54) is 0 Å². The van der Waals surface area contributed by atoms with E-state index in [0.29, 0.717) is 25.9 Å². The SMILES string of the molecule is CC1CN(C(=O)C2(C(N)=NO)CC2)CC(C)(C)O1. The molecule has 0 spiro atoms. The fourth-order valence-electron chi connectivity index (χ4n) is 2.71. The van der Waals surface area contributed by atoms with Crippen molar-refractivity contribution in [1.29, 1.82) is 0 Å². The van der Waals surface area contributed by atoms with Crippen LogP contribution in [-0.2, 0) is 9.53 Å². The average Bonchev–Trinajstić information content (AvgIpc) is 3.05. The van der Waals surface area contributed by atoms with Gasteiger partial charge in [-0.3, -0.25) is 4.79 Å². The Balaban J connectivity index is 2.15. The summed E-state index contributed by atoms with van der Waals surface area (Å²) in [5.41, 5.74) is 4.53. The largest absolute Gasteiger partial charge is 0.409 e. The summed E-state index contributed by atoms with van der Waals surface area (Å²) in [5, 5.41) is 11.8. The Bertz CT molecular complexity index is 388. The van der Waals surface area contributed by atoms with Gasteiger partial charge in [0.05, 0.1) is 11.7 Å². The molecule has 0 bridgehead atoms. The number of carbonyl (C=O) groups is 1.